The van der Waals surface area contributed by atoms with Gasteiger partial charge in [0.15, 0.2) is 0 Å². The Kier molecular flexibility index (Phi) is 3.42. The highest BCUT2D eigenvalue weighted by Crippen LogP contribution is 2.30. The highest BCUT2D eigenvalue weighted by Gasteiger charge is 2.41. The molecular formula is C15H17FN2O2. The number of benzene rings is 1. The van der Waals surface area contributed by atoms with Crippen molar-refractivity contribution in [3.63, 3.8) is 0 Å². The molecule has 3 rings (SSSR count). The predicted octanol–water partition coefficient (Wildman–Crippen LogP) is 2.83. The van der Waals surface area contributed by atoms with Crippen LogP contribution in [0.25, 0.3) is 0 Å². The second kappa shape index (κ2) is 5.23. The molecule has 1 aliphatic carbocycles. The minimum absolute atomic E-state index is 0.0470. The summed E-state index contributed by atoms with van der Waals surface area (Å²) in [7, 11) is 0. The molecule has 0 aromatic heterocycles. The summed E-state index contributed by atoms with van der Waals surface area (Å²) < 4.78 is 13.0. The fourth-order valence-corrected chi connectivity index (χ4v) is 3.10. The van der Waals surface area contributed by atoms with Crippen LogP contribution in [-0.4, -0.2) is 18.0 Å². The number of nitrogens with zero attached hydrogens (tertiary/aromatic N) is 1. The van der Waals surface area contributed by atoms with Gasteiger partial charge >= 0.3 is 6.03 Å². The van der Waals surface area contributed by atoms with E-state index in [1.807, 2.05) is 0 Å². The standard InChI is InChI=1S/C15H17FN2O2/c16-10-6-8-11(9-7-10)18-14(19)12-4-2-1-3-5-13(12)17-15(18)20/h6-9,12-13H,1-5H2,(H,17,20). The van der Waals surface area contributed by atoms with Crippen LogP contribution in [0.15, 0.2) is 24.3 Å². The minimum Gasteiger partial charge on any atom is -0.334 e. The number of fused-ring (bicyclic) bond motifs is 1. The van der Waals surface area contributed by atoms with E-state index >= 15 is 0 Å². The molecule has 1 saturated carbocycles. The largest absolute Gasteiger partial charge is 0.334 e. The maximum Gasteiger partial charge on any atom is 0.328 e. The second-order valence-corrected chi connectivity index (χ2v) is 5.45. The number of carbonyl (C=O) groups is 2. The van der Waals surface area contributed by atoms with Gasteiger partial charge in [-0.25, -0.2) is 14.1 Å². The molecule has 0 bridgehead atoms. The molecule has 106 valence electrons. The summed E-state index contributed by atoms with van der Waals surface area (Å²) >= 11 is 0. The zero-order valence-corrected chi connectivity index (χ0v) is 11.1. The number of amides is 3. The number of anilines is 1. The van der Waals surface area contributed by atoms with E-state index in [1.165, 1.54) is 24.3 Å². The minimum atomic E-state index is -0.398. The average Bonchev–Trinajstić information content (AvgIpc) is 2.66. The predicted molar refractivity (Wildman–Crippen MR) is 72.8 cm³/mol. The van der Waals surface area contributed by atoms with Crippen LogP contribution in [0.2, 0.25) is 0 Å². The third-order valence-corrected chi connectivity index (χ3v) is 4.15. The molecule has 2 fully saturated rings. The maximum atomic E-state index is 13.0. The molecule has 0 spiro atoms. The van der Waals surface area contributed by atoms with E-state index in [4.69, 9.17) is 0 Å². The summed E-state index contributed by atoms with van der Waals surface area (Å²) in [5.41, 5.74) is 0.427. The van der Waals surface area contributed by atoms with E-state index < -0.39 is 6.03 Å². The summed E-state index contributed by atoms with van der Waals surface area (Å²) in [6.45, 7) is 0. The summed E-state index contributed by atoms with van der Waals surface area (Å²) in [5, 5.41) is 2.92. The van der Waals surface area contributed by atoms with Gasteiger partial charge < -0.3 is 5.32 Å². The smallest absolute Gasteiger partial charge is 0.328 e. The van der Waals surface area contributed by atoms with Gasteiger partial charge in [0.1, 0.15) is 5.82 Å². The van der Waals surface area contributed by atoms with Crippen LogP contribution in [-0.2, 0) is 4.79 Å². The van der Waals surface area contributed by atoms with Crippen LogP contribution in [0.1, 0.15) is 32.1 Å². The number of halogens is 1. The lowest BCUT2D eigenvalue weighted by Gasteiger charge is -2.36. The van der Waals surface area contributed by atoms with E-state index in [9.17, 15) is 14.0 Å². The van der Waals surface area contributed by atoms with E-state index in [1.54, 1.807) is 0 Å². The molecule has 1 heterocycles. The number of urea groups is 1. The van der Waals surface area contributed by atoms with Gasteiger partial charge in [0.2, 0.25) is 5.91 Å². The third kappa shape index (κ3) is 2.28. The van der Waals surface area contributed by atoms with Gasteiger partial charge in [0.05, 0.1) is 11.6 Å². The highest BCUT2D eigenvalue weighted by atomic mass is 19.1. The summed E-state index contributed by atoms with van der Waals surface area (Å²) in [6, 6.07) is 5.00. The molecule has 0 radical (unpaired) electrons. The van der Waals surface area contributed by atoms with E-state index in [0.29, 0.717) is 5.69 Å². The van der Waals surface area contributed by atoms with Gasteiger partial charge in [-0.1, -0.05) is 19.3 Å². The lowest BCUT2D eigenvalue weighted by molar-refractivity contribution is -0.123. The van der Waals surface area contributed by atoms with Crippen molar-refractivity contribution in [3.8, 4) is 0 Å². The van der Waals surface area contributed by atoms with Gasteiger partial charge in [-0.15, -0.1) is 0 Å². The van der Waals surface area contributed by atoms with Crippen molar-refractivity contribution < 1.29 is 14.0 Å². The van der Waals surface area contributed by atoms with E-state index in [-0.39, 0.29) is 23.7 Å². The van der Waals surface area contributed by atoms with Gasteiger partial charge in [-0.05, 0) is 37.1 Å². The molecule has 2 aliphatic rings. The summed E-state index contributed by atoms with van der Waals surface area (Å²) in [4.78, 5) is 25.9. The van der Waals surface area contributed by atoms with Crippen LogP contribution in [0.3, 0.4) is 0 Å². The van der Waals surface area contributed by atoms with Crippen LogP contribution < -0.4 is 10.2 Å². The first kappa shape index (κ1) is 13.1. The van der Waals surface area contributed by atoms with Crippen molar-refractivity contribution in [2.75, 3.05) is 4.90 Å². The molecule has 3 amide bonds. The quantitative estimate of drug-likeness (QED) is 0.857. The molecule has 20 heavy (non-hydrogen) atoms. The Morgan fingerprint density at radius 1 is 1.05 bits per heavy atom. The number of hydrogen-bond acceptors (Lipinski definition) is 2. The molecule has 5 heteroatoms. The Labute approximate surface area is 117 Å². The number of hydrogen-bond donors (Lipinski definition) is 1. The second-order valence-electron chi connectivity index (χ2n) is 5.45. The first-order valence-electron chi connectivity index (χ1n) is 7.07. The van der Waals surface area contributed by atoms with Crippen LogP contribution >= 0.6 is 0 Å². The third-order valence-electron chi connectivity index (χ3n) is 4.15. The van der Waals surface area contributed by atoms with Crippen molar-refractivity contribution >= 4 is 17.6 Å². The van der Waals surface area contributed by atoms with Gasteiger partial charge in [-0.2, -0.15) is 0 Å². The Bertz CT molecular complexity index is 529. The zero-order valence-electron chi connectivity index (χ0n) is 11.1. The number of rotatable bonds is 1. The van der Waals surface area contributed by atoms with E-state index in [0.717, 1.165) is 37.0 Å². The number of carbonyl (C=O) groups excluding carboxylic acids is 2. The van der Waals surface area contributed by atoms with Crippen LogP contribution in [0.4, 0.5) is 14.9 Å². The molecule has 4 nitrogen and oxygen atoms in total. The van der Waals surface area contributed by atoms with E-state index in [2.05, 4.69) is 5.32 Å². The van der Waals surface area contributed by atoms with Crippen molar-refractivity contribution in [1.29, 1.82) is 0 Å². The first-order chi connectivity index (χ1) is 9.66. The van der Waals surface area contributed by atoms with Crippen molar-refractivity contribution in [1.82, 2.24) is 5.32 Å². The average molecular weight is 276 g/mol. The van der Waals surface area contributed by atoms with Crippen molar-refractivity contribution in [3.05, 3.63) is 30.1 Å². The van der Waals surface area contributed by atoms with Gasteiger partial charge in [-0.3, -0.25) is 4.79 Å². The number of imide groups is 1. The molecule has 1 aliphatic heterocycles. The lowest BCUT2D eigenvalue weighted by atomic mass is 9.91. The maximum absolute atomic E-state index is 13.0. The molecule has 1 aromatic rings. The Morgan fingerprint density at radius 3 is 2.50 bits per heavy atom. The van der Waals surface area contributed by atoms with Gasteiger partial charge in [0, 0.05) is 6.04 Å². The number of nitrogens with one attached hydrogen (secondary N) is 1. The van der Waals surface area contributed by atoms with Crippen molar-refractivity contribution in [2.45, 2.75) is 38.1 Å². The Hall–Kier alpha value is -1.91. The molecule has 2 atom stereocenters. The Morgan fingerprint density at radius 2 is 1.75 bits per heavy atom. The summed E-state index contributed by atoms with van der Waals surface area (Å²) in [6.07, 6.45) is 4.83. The monoisotopic (exact) mass is 276 g/mol. The molecule has 2 unspecified atom stereocenters. The van der Waals surface area contributed by atoms with Crippen molar-refractivity contribution in [2.24, 2.45) is 5.92 Å². The van der Waals surface area contributed by atoms with Crippen LogP contribution in [0.5, 0.6) is 0 Å². The first-order valence-corrected chi connectivity index (χ1v) is 7.07. The lowest BCUT2D eigenvalue weighted by Crippen LogP contribution is -2.60. The molecule has 1 aromatic carbocycles. The van der Waals surface area contributed by atoms with Gasteiger partial charge in [0.25, 0.3) is 0 Å². The molecule has 1 saturated heterocycles. The normalized spacial score (nSPS) is 26.8. The Balaban J connectivity index is 1.89. The molecular weight excluding hydrogens is 259 g/mol. The zero-order chi connectivity index (χ0) is 14.1. The SMILES string of the molecule is O=C1NC2CCCCCC2C(=O)N1c1ccc(F)cc1. The fourth-order valence-electron chi connectivity index (χ4n) is 3.10. The molecule has 1 N–H and O–H groups in total. The fraction of sp³-hybridized carbons (Fsp3) is 0.467. The summed E-state index contributed by atoms with van der Waals surface area (Å²) in [5.74, 6) is -0.696. The topological polar surface area (TPSA) is 49.4 Å². The highest BCUT2D eigenvalue weighted by molar-refractivity contribution is 6.17. The van der Waals surface area contributed by atoms with Crippen LogP contribution in [0, 0.1) is 11.7 Å².